The summed E-state index contributed by atoms with van der Waals surface area (Å²) in [5.41, 5.74) is 2.64. The van der Waals surface area contributed by atoms with Crippen molar-refractivity contribution in [2.75, 3.05) is 21.1 Å². The zero-order chi connectivity index (χ0) is 17.5. The molecular weight excluding hydrogens is 328 g/mol. The van der Waals surface area contributed by atoms with Crippen molar-refractivity contribution in [2.24, 2.45) is 0 Å². The quantitative estimate of drug-likeness (QED) is 0.850. The molecule has 1 aliphatic rings. The summed E-state index contributed by atoms with van der Waals surface area (Å²) in [6.07, 6.45) is 3.00. The molecule has 1 aromatic heterocycles. The summed E-state index contributed by atoms with van der Waals surface area (Å²) in [4.78, 5) is 14.4. The molecule has 1 aliphatic carbocycles. The first-order chi connectivity index (χ1) is 11.3. The minimum atomic E-state index is -3.69. The van der Waals surface area contributed by atoms with Gasteiger partial charge in [0.1, 0.15) is 6.26 Å². The van der Waals surface area contributed by atoms with Gasteiger partial charge in [-0.1, -0.05) is 24.3 Å². The monoisotopic (exact) mass is 348 g/mol. The maximum absolute atomic E-state index is 12.7. The Hall–Kier alpha value is -2.12. The lowest BCUT2D eigenvalue weighted by Crippen LogP contribution is -2.29. The molecule has 24 heavy (non-hydrogen) atoms. The number of carbonyl (C=O) groups excluding carboxylic acids is 1. The van der Waals surface area contributed by atoms with E-state index in [9.17, 15) is 13.2 Å². The maximum atomic E-state index is 12.7. The van der Waals surface area contributed by atoms with Crippen molar-refractivity contribution in [1.82, 2.24) is 9.21 Å². The van der Waals surface area contributed by atoms with Gasteiger partial charge in [0.05, 0.1) is 11.6 Å². The molecule has 0 N–H and O–H groups in total. The van der Waals surface area contributed by atoms with E-state index in [0.29, 0.717) is 0 Å². The average molecular weight is 348 g/mol. The van der Waals surface area contributed by atoms with E-state index in [1.807, 2.05) is 18.2 Å². The number of hydrogen-bond acceptors (Lipinski definition) is 4. The first-order valence-electron chi connectivity index (χ1n) is 7.68. The van der Waals surface area contributed by atoms with E-state index in [4.69, 9.17) is 4.42 Å². The Morgan fingerprint density at radius 3 is 2.62 bits per heavy atom. The highest BCUT2D eigenvalue weighted by atomic mass is 32.2. The van der Waals surface area contributed by atoms with Crippen LogP contribution in [0.1, 0.15) is 33.9 Å². The normalized spacial score (nSPS) is 17.1. The second kappa shape index (κ2) is 6.07. The zero-order valence-corrected chi connectivity index (χ0v) is 14.7. The first kappa shape index (κ1) is 16.7. The van der Waals surface area contributed by atoms with Crippen molar-refractivity contribution in [1.29, 1.82) is 0 Å². The summed E-state index contributed by atoms with van der Waals surface area (Å²) in [6.45, 7) is 0. The molecule has 0 radical (unpaired) electrons. The number of carbonyl (C=O) groups is 1. The highest BCUT2D eigenvalue weighted by Crippen LogP contribution is 2.35. The van der Waals surface area contributed by atoms with Crippen LogP contribution in [-0.4, -0.2) is 44.7 Å². The third kappa shape index (κ3) is 2.74. The molecule has 2 aromatic rings. The van der Waals surface area contributed by atoms with Crippen LogP contribution in [0, 0.1) is 0 Å². The number of fused-ring (bicyclic) bond motifs is 1. The van der Waals surface area contributed by atoms with Crippen molar-refractivity contribution in [3.05, 3.63) is 53.3 Å². The standard InChI is InChI=1S/C17H20N2O4S/c1-18(2)24(21,22)16-10-13(11-23-16)17(20)19(3)15-9-8-12-6-4-5-7-14(12)15/h4-7,10-11,15H,8-9H2,1-3H3. The second-order valence-electron chi connectivity index (χ2n) is 6.11. The van der Waals surface area contributed by atoms with Crippen molar-refractivity contribution in [3.8, 4) is 0 Å². The van der Waals surface area contributed by atoms with Gasteiger partial charge in [-0.05, 0) is 24.0 Å². The van der Waals surface area contributed by atoms with Gasteiger partial charge in [-0.2, -0.15) is 0 Å². The van der Waals surface area contributed by atoms with E-state index in [1.54, 1.807) is 11.9 Å². The number of sulfonamides is 1. The van der Waals surface area contributed by atoms with Crippen LogP contribution < -0.4 is 0 Å². The number of rotatable bonds is 4. The molecular formula is C17H20N2O4S. The summed E-state index contributed by atoms with van der Waals surface area (Å²) in [5, 5.41) is -0.226. The average Bonchev–Trinajstić information content (AvgIpc) is 3.20. The van der Waals surface area contributed by atoms with Crippen LogP contribution in [0.25, 0.3) is 0 Å². The lowest BCUT2D eigenvalue weighted by Gasteiger charge is -2.25. The Labute approximate surface area is 141 Å². The van der Waals surface area contributed by atoms with Crippen LogP contribution in [0.4, 0.5) is 0 Å². The van der Waals surface area contributed by atoms with E-state index in [0.717, 1.165) is 22.7 Å². The highest BCUT2D eigenvalue weighted by molar-refractivity contribution is 7.88. The summed E-state index contributed by atoms with van der Waals surface area (Å²) >= 11 is 0. The molecule has 0 bridgehead atoms. The third-order valence-corrected chi connectivity index (χ3v) is 6.13. The zero-order valence-electron chi connectivity index (χ0n) is 13.9. The van der Waals surface area contributed by atoms with E-state index in [1.165, 1.54) is 32.0 Å². The largest absolute Gasteiger partial charge is 0.451 e. The summed E-state index contributed by atoms with van der Waals surface area (Å²) in [7, 11) is 0.886. The van der Waals surface area contributed by atoms with Crippen molar-refractivity contribution in [3.63, 3.8) is 0 Å². The van der Waals surface area contributed by atoms with Crippen LogP contribution in [0.5, 0.6) is 0 Å². The molecule has 1 amide bonds. The van der Waals surface area contributed by atoms with Gasteiger partial charge in [0.15, 0.2) is 0 Å². The molecule has 3 rings (SSSR count). The fraction of sp³-hybridized carbons (Fsp3) is 0.353. The number of aryl methyl sites for hydroxylation is 1. The van der Waals surface area contributed by atoms with Gasteiger partial charge in [-0.3, -0.25) is 4.79 Å². The van der Waals surface area contributed by atoms with Crippen LogP contribution in [0.2, 0.25) is 0 Å². The maximum Gasteiger partial charge on any atom is 0.275 e. The van der Waals surface area contributed by atoms with E-state index >= 15 is 0 Å². The Morgan fingerprint density at radius 1 is 1.21 bits per heavy atom. The van der Waals surface area contributed by atoms with Gasteiger partial charge in [0.2, 0.25) is 5.09 Å². The molecule has 0 aliphatic heterocycles. The van der Waals surface area contributed by atoms with E-state index < -0.39 is 10.0 Å². The second-order valence-corrected chi connectivity index (χ2v) is 8.19. The fourth-order valence-electron chi connectivity index (χ4n) is 3.03. The van der Waals surface area contributed by atoms with Gasteiger partial charge in [0.25, 0.3) is 15.9 Å². The highest BCUT2D eigenvalue weighted by Gasteiger charge is 2.30. The van der Waals surface area contributed by atoms with Gasteiger partial charge < -0.3 is 9.32 Å². The SMILES string of the molecule is CN(C(=O)c1coc(S(=O)(=O)N(C)C)c1)C1CCc2ccccc21. The lowest BCUT2D eigenvalue weighted by atomic mass is 10.1. The number of hydrogen-bond donors (Lipinski definition) is 0. The van der Waals surface area contributed by atoms with Gasteiger partial charge in [-0.15, -0.1) is 0 Å². The Kier molecular flexibility index (Phi) is 4.23. The minimum absolute atomic E-state index is 0.00231. The topological polar surface area (TPSA) is 70.8 Å². The number of amides is 1. The van der Waals surface area contributed by atoms with Crippen molar-refractivity contribution >= 4 is 15.9 Å². The van der Waals surface area contributed by atoms with Crippen LogP contribution in [0.3, 0.4) is 0 Å². The molecule has 0 spiro atoms. The molecule has 1 atom stereocenters. The predicted molar refractivity (Wildman–Crippen MR) is 89.2 cm³/mol. The van der Waals surface area contributed by atoms with Crippen LogP contribution in [0.15, 0.2) is 46.1 Å². The smallest absolute Gasteiger partial charge is 0.275 e. The number of nitrogens with zero attached hydrogens (tertiary/aromatic N) is 2. The first-order valence-corrected chi connectivity index (χ1v) is 9.12. The molecule has 0 saturated carbocycles. The molecule has 1 aromatic carbocycles. The third-order valence-electron chi connectivity index (χ3n) is 4.45. The Bertz CT molecular complexity index is 870. The van der Waals surface area contributed by atoms with E-state index in [2.05, 4.69) is 6.07 Å². The molecule has 7 heteroatoms. The molecule has 1 heterocycles. The van der Waals surface area contributed by atoms with Crippen LogP contribution in [-0.2, 0) is 16.4 Å². The summed E-state index contributed by atoms with van der Waals surface area (Å²) in [6, 6.07) is 9.36. The van der Waals surface area contributed by atoms with E-state index in [-0.39, 0.29) is 22.6 Å². The number of benzene rings is 1. The molecule has 6 nitrogen and oxygen atoms in total. The predicted octanol–water partition coefficient (Wildman–Crippen LogP) is 2.29. The Balaban J connectivity index is 1.84. The molecule has 128 valence electrons. The molecule has 0 saturated heterocycles. The number of furan rings is 1. The summed E-state index contributed by atoms with van der Waals surface area (Å²) < 4.78 is 30.3. The van der Waals surface area contributed by atoms with Gasteiger partial charge in [0, 0.05) is 27.2 Å². The van der Waals surface area contributed by atoms with Gasteiger partial charge >= 0.3 is 0 Å². The van der Waals surface area contributed by atoms with Gasteiger partial charge in [-0.25, -0.2) is 12.7 Å². The van der Waals surface area contributed by atoms with Crippen molar-refractivity contribution in [2.45, 2.75) is 24.0 Å². The lowest BCUT2D eigenvalue weighted by molar-refractivity contribution is 0.0730. The Morgan fingerprint density at radius 2 is 1.92 bits per heavy atom. The molecule has 1 unspecified atom stereocenters. The summed E-state index contributed by atoms with van der Waals surface area (Å²) in [5.74, 6) is -0.249. The van der Waals surface area contributed by atoms with Crippen molar-refractivity contribution < 1.29 is 17.6 Å². The molecule has 0 fully saturated rings. The minimum Gasteiger partial charge on any atom is -0.451 e. The fourth-order valence-corrected chi connectivity index (χ4v) is 3.83. The van der Waals surface area contributed by atoms with Crippen LogP contribution >= 0.6 is 0 Å².